The van der Waals surface area contributed by atoms with E-state index in [-0.39, 0.29) is 0 Å². The molecule has 0 amide bonds. The summed E-state index contributed by atoms with van der Waals surface area (Å²) in [6, 6.07) is 6.03. The molecule has 0 atom stereocenters. The van der Waals surface area contributed by atoms with Gasteiger partial charge in [0, 0.05) is 0 Å². The molecule has 0 bridgehead atoms. The van der Waals surface area contributed by atoms with E-state index in [1.807, 2.05) is 18.2 Å². The van der Waals surface area contributed by atoms with Gasteiger partial charge >= 0.3 is 0 Å². The number of phenols is 1. The van der Waals surface area contributed by atoms with Crippen LogP contribution in [0.4, 0.5) is 0 Å². The SMILES string of the molecule is CSC(c1cccc(C(C)C)c1O)=[N+]1CCOCC1. The summed E-state index contributed by atoms with van der Waals surface area (Å²) in [5.74, 6) is 0.751. The number of ether oxygens (including phenoxy) is 1. The number of phenolic OH excluding ortho intramolecular Hbond substituents is 1. The van der Waals surface area contributed by atoms with Gasteiger partial charge in [0.15, 0.2) is 13.1 Å². The van der Waals surface area contributed by atoms with E-state index < -0.39 is 0 Å². The predicted molar refractivity (Wildman–Crippen MR) is 80.6 cm³/mol. The molecule has 1 saturated heterocycles. The minimum Gasteiger partial charge on any atom is -0.507 e. The molecule has 1 aliphatic heterocycles. The molecule has 2 rings (SSSR count). The summed E-state index contributed by atoms with van der Waals surface area (Å²) in [4.78, 5) is 0. The lowest BCUT2D eigenvalue weighted by Gasteiger charge is -2.16. The fourth-order valence-electron chi connectivity index (χ4n) is 2.38. The van der Waals surface area contributed by atoms with Crippen LogP contribution in [-0.2, 0) is 4.74 Å². The van der Waals surface area contributed by atoms with Crippen molar-refractivity contribution in [3.63, 3.8) is 0 Å². The predicted octanol–water partition coefficient (Wildman–Crippen LogP) is 2.67. The van der Waals surface area contributed by atoms with Crippen molar-refractivity contribution in [1.82, 2.24) is 0 Å². The van der Waals surface area contributed by atoms with Crippen molar-refractivity contribution >= 4 is 16.8 Å². The van der Waals surface area contributed by atoms with Gasteiger partial charge in [-0.15, -0.1) is 0 Å². The van der Waals surface area contributed by atoms with Crippen LogP contribution in [0.15, 0.2) is 18.2 Å². The van der Waals surface area contributed by atoms with Crippen LogP contribution >= 0.6 is 11.8 Å². The van der Waals surface area contributed by atoms with E-state index >= 15 is 0 Å². The van der Waals surface area contributed by atoms with E-state index in [1.54, 1.807) is 11.8 Å². The molecular formula is C15H22NO2S+. The van der Waals surface area contributed by atoms with E-state index in [2.05, 4.69) is 24.7 Å². The molecule has 19 heavy (non-hydrogen) atoms. The molecule has 1 heterocycles. The zero-order valence-corrected chi connectivity index (χ0v) is 12.7. The number of aromatic hydroxyl groups is 1. The molecule has 0 unspecified atom stereocenters. The van der Waals surface area contributed by atoms with Crippen LogP contribution in [0.5, 0.6) is 5.75 Å². The zero-order valence-electron chi connectivity index (χ0n) is 11.8. The lowest BCUT2D eigenvalue weighted by molar-refractivity contribution is -0.546. The maximum atomic E-state index is 10.5. The van der Waals surface area contributed by atoms with Crippen molar-refractivity contribution in [1.29, 1.82) is 0 Å². The largest absolute Gasteiger partial charge is 0.507 e. The summed E-state index contributed by atoms with van der Waals surface area (Å²) >= 11 is 1.69. The fourth-order valence-corrected chi connectivity index (χ4v) is 3.20. The number of hydrogen-bond donors (Lipinski definition) is 1. The molecule has 104 valence electrons. The van der Waals surface area contributed by atoms with Crippen molar-refractivity contribution in [3.8, 4) is 5.75 Å². The molecular weight excluding hydrogens is 258 g/mol. The smallest absolute Gasteiger partial charge is 0.245 e. The van der Waals surface area contributed by atoms with E-state index in [0.29, 0.717) is 11.7 Å². The van der Waals surface area contributed by atoms with E-state index in [0.717, 1.165) is 42.5 Å². The topological polar surface area (TPSA) is 32.5 Å². The van der Waals surface area contributed by atoms with E-state index in [9.17, 15) is 5.11 Å². The standard InChI is InChI=1S/C15H21NO2S/c1-11(2)12-5-4-6-13(14(12)17)15(19-3)16-7-9-18-10-8-16/h4-6,11H,7-10H2,1-3H3/p+1. The highest BCUT2D eigenvalue weighted by Crippen LogP contribution is 2.31. The van der Waals surface area contributed by atoms with Crippen molar-refractivity contribution in [2.24, 2.45) is 0 Å². The molecule has 0 saturated carbocycles. The molecule has 1 aromatic rings. The van der Waals surface area contributed by atoms with Crippen LogP contribution in [0.25, 0.3) is 0 Å². The third-order valence-corrected chi connectivity index (χ3v) is 4.28. The molecule has 1 N–H and O–H groups in total. The van der Waals surface area contributed by atoms with Crippen molar-refractivity contribution in [3.05, 3.63) is 29.3 Å². The van der Waals surface area contributed by atoms with Gasteiger partial charge in [-0.1, -0.05) is 37.7 Å². The molecule has 0 aliphatic carbocycles. The van der Waals surface area contributed by atoms with Gasteiger partial charge in [0.25, 0.3) is 0 Å². The Kier molecular flexibility index (Phi) is 4.88. The summed E-state index contributed by atoms with van der Waals surface area (Å²) in [5, 5.41) is 11.6. The lowest BCUT2D eigenvalue weighted by Crippen LogP contribution is -2.32. The second kappa shape index (κ2) is 6.44. The third-order valence-electron chi connectivity index (χ3n) is 3.41. The summed E-state index contributed by atoms with van der Waals surface area (Å²) in [5.41, 5.74) is 1.96. The number of hydrogen-bond acceptors (Lipinski definition) is 3. The van der Waals surface area contributed by atoms with Crippen LogP contribution in [0, 0.1) is 0 Å². The Bertz CT molecular complexity index is 475. The highest BCUT2D eigenvalue weighted by atomic mass is 32.2. The minimum atomic E-state index is 0.327. The van der Waals surface area contributed by atoms with Crippen LogP contribution in [0.2, 0.25) is 0 Å². The van der Waals surface area contributed by atoms with Gasteiger partial charge in [-0.2, -0.15) is 0 Å². The fraction of sp³-hybridized carbons (Fsp3) is 0.533. The van der Waals surface area contributed by atoms with Crippen molar-refractivity contribution in [2.45, 2.75) is 19.8 Å². The number of thioether (sulfide) groups is 1. The second-order valence-electron chi connectivity index (χ2n) is 5.01. The average Bonchev–Trinajstić information content (AvgIpc) is 2.42. The van der Waals surface area contributed by atoms with Crippen molar-refractivity contribution in [2.75, 3.05) is 32.6 Å². The highest BCUT2D eigenvalue weighted by molar-refractivity contribution is 8.13. The van der Waals surface area contributed by atoms with Crippen LogP contribution in [-0.4, -0.2) is 47.3 Å². The Labute approximate surface area is 119 Å². The van der Waals surface area contributed by atoms with Gasteiger partial charge in [0.1, 0.15) is 19.0 Å². The molecule has 0 spiro atoms. The monoisotopic (exact) mass is 280 g/mol. The van der Waals surface area contributed by atoms with Crippen LogP contribution in [0.3, 0.4) is 0 Å². The van der Waals surface area contributed by atoms with Gasteiger partial charge in [-0.05, 0) is 23.8 Å². The first-order chi connectivity index (χ1) is 9.15. The number of benzene rings is 1. The Morgan fingerprint density at radius 1 is 1.32 bits per heavy atom. The average molecular weight is 280 g/mol. The number of para-hydroxylation sites is 1. The summed E-state index contributed by atoms with van der Waals surface area (Å²) < 4.78 is 7.69. The van der Waals surface area contributed by atoms with Gasteiger partial charge in [-0.3, -0.25) is 0 Å². The molecule has 3 nitrogen and oxygen atoms in total. The molecule has 4 heteroatoms. The first-order valence-corrected chi connectivity index (χ1v) is 7.93. The van der Waals surface area contributed by atoms with E-state index in [4.69, 9.17) is 4.74 Å². The molecule has 1 aliphatic rings. The third kappa shape index (κ3) is 3.12. The van der Waals surface area contributed by atoms with Gasteiger partial charge in [0.05, 0.1) is 5.56 Å². The molecule has 0 radical (unpaired) electrons. The molecule has 1 aromatic carbocycles. The first-order valence-electron chi connectivity index (χ1n) is 6.71. The second-order valence-corrected chi connectivity index (χ2v) is 5.80. The number of nitrogens with zero attached hydrogens (tertiary/aromatic N) is 1. The number of rotatable bonds is 2. The Morgan fingerprint density at radius 2 is 2.00 bits per heavy atom. The van der Waals surface area contributed by atoms with E-state index in [1.165, 1.54) is 0 Å². The van der Waals surface area contributed by atoms with Crippen molar-refractivity contribution < 1.29 is 14.4 Å². The van der Waals surface area contributed by atoms with Crippen LogP contribution < -0.4 is 0 Å². The summed E-state index contributed by atoms with van der Waals surface area (Å²) in [6.45, 7) is 7.51. The summed E-state index contributed by atoms with van der Waals surface area (Å²) in [6.07, 6.45) is 2.06. The highest BCUT2D eigenvalue weighted by Gasteiger charge is 2.23. The normalized spacial score (nSPS) is 15.9. The number of morpholine rings is 1. The Morgan fingerprint density at radius 3 is 2.58 bits per heavy atom. The molecule has 1 fully saturated rings. The van der Waals surface area contributed by atoms with Gasteiger partial charge in [-0.25, -0.2) is 4.58 Å². The minimum absolute atomic E-state index is 0.327. The quantitative estimate of drug-likeness (QED) is 0.668. The Balaban J connectivity index is 2.46. The maximum Gasteiger partial charge on any atom is 0.245 e. The lowest BCUT2D eigenvalue weighted by atomic mass is 9.99. The Hall–Kier alpha value is -1.00. The first kappa shape index (κ1) is 14.4. The van der Waals surface area contributed by atoms with Crippen LogP contribution in [0.1, 0.15) is 30.9 Å². The zero-order chi connectivity index (χ0) is 13.8. The maximum absolute atomic E-state index is 10.5. The van der Waals surface area contributed by atoms with Gasteiger partial charge < -0.3 is 9.84 Å². The van der Waals surface area contributed by atoms with Gasteiger partial charge in [0.2, 0.25) is 5.04 Å². The summed E-state index contributed by atoms with van der Waals surface area (Å²) in [7, 11) is 0. The molecule has 0 aromatic heterocycles.